The fourth-order valence-corrected chi connectivity index (χ4v) is 2.05. The molecule has 0 unspecified atom stereocenters. The van der Waals surface area contributed by atoms with Gasteiger partial charge in [0.15, 0.2) is 0 Å². The van der Waals surface area contributed by atoms with Crippen molar-refractivity contribution in [1.82, 2.24) is 15.2 Å². The first kappa shape index (κ1) is 12.3. The van der Waals surface area contributed by atoms with Crippen LogP contribution in [0.4, 0.5) is 5.95 Å². The molecule has 20 heavy (non-hydrogen) atoms. The summed E-state index contributed by atoms with van der Waals surface area (Å²) in [6.07, 6.45) is 3.91. The van der Waals surface area contributed by atoms with Gasteiger partial charge in [0.1, 0.15) is 0 Å². The number of nitrogen functional groups attached to an aromatic ring is 1. The summed E-state index contributed by atoms with van der Waals surface area (Å²) in [4.78, 5) is 4.17. The van der Waals surface area contributed by atoms with Gasteiger partial charge in [0.05, 0.1) is 11.4 Å². The van der Waals surface area contributed by atoms with Crippen LogP contribution in [0.2, 0.25) is 0 Å². The summed E-state index contributed by atoms with van der Waals surface area (Å²) < 4.78 is 0. The summed E-state index contributed by atoms with van der Waals surface area (Å²) in [6, 6.07) is 14.6. The average Bonchev–Trinajstić information content (AvgIpc) is 2.48. The molecule has 0 aliphatic heterocycles. The van der Waals surface area contributed by atoms with Gasteiger partial charge in [0.2, 0.25) is 5.95 Å². The molecule has 0 amide bonds. The zero-order chi connectivity index (χ0) is 13.9. The van der Waals surface area contributed by atoms with Gasteiger partial charge in [-0.05, 0) is 35.4 Å². The van der Waals surface area contributed by atoms with E-state index in [1.54, 1.807) is 0 Å². The van der Waals surface area contributed by atoms with Gasteiger partial charge in [-0.15, -0.1) is 10.2 Å². The van der Waals surface area contributed by atoms with E-state index in [2.05, 4.69) is 45.5 Å². The molecule has 2 N–H and O–H groups in total. The summed E-state index contributed by atoms with van der Waals surface area (Å²) in [7, 11) is 0. The maximum atomic E-state index is 5.55. The van der Waals surface area contributed by atoms with Gasteiger partial charge in [0.25, 0.3) is 0 Å². The number of nitrogens with zero attached hydrogens (tertiary/aromatic N) is 3. The van der Waals surface area contributed by atoms with Crippen molar-refractivity contribution >= 4 is 28.9 Å². The van der Waals surface area contributed by atoms with Crippen LogP contribution in [-0.4, -0.2) is 15.2 Å². The lowest BCUT2D eigenvalue weighted by atomic mass is 10.1. The normalized spacial score (nSPS) is 11.2. The Morgan fingerprint density at radius 1 is 0.950 bits per heavy atom. The fourth-order valence-electron chi connectivity index (χ4n) is 2.05. The Morgan fingerprint density at radius 2 is 1.75 bits per heavy atom. The number of hydrogen-bond acceptors (Lipinski definition) is 4. The molecule has 3 aromatic rings. The SMILES string of the molecule is Cc1nnc(N)nc1C=Cc1ccc2ccccc2c1. The molecule has 2 aromatic carbocycles. The van der Waals surface area contributed by atoms with Crippen molar-refractivity contribution in [1.29, 1.82) is 0 Å². The Bertz CT molecular complexity index is 793. The zero-order valence-electron chi connectivity index (χ0n) is 11.1. The number of hydrogen-bond donors (Lipinski definition) is 1. The highest BCUT2D eigenvalue weighted by Crippen LogP contribution is 2.17. The molecular formula is C16H14N4. The second-order valence-electron chi connectivity index (χ2n) is 4.58. The van der Waals surface area contributed by atoms with Crippen molar-refractivity contribution in [2.24, 2.45) is 0 Å². The first-order valence-electron chi connectivity index (χ1n) is 6.36. The maximum absolute atomic E-state index is 5.55. The number of aromatic nitrogens is 3. The van der Waals surface area contributed by atoms with Crippen LogP contribution in [0.15, 0.2) is 42.5 Å². The number of anilines is 1. The Kier molecular flexibility index (Phi) is 3.13. The van der Waals surface area contributed by atoms with Crippen LogP contribution in [0.5, 0.6) is 0 Å². The number of rotatable bonds is 2. The standard InChI is InChI=1S/C16H14N4/c1-11-15(18-16(17)20-19-11)9-7-12-6-8-13-4-2-3-5-14(13)10-12/h2-10H,1H3,(H2,17,18,20). The third-order valence-electron chi connectivity index (χ3n) is 3.12. The van der Waals surface area contributed by atoms with E-state index in [4.69, 9.17) is 5.73 Å². The third-order valence-corrected chi connectivity index (χ3v) is 3.12. The monoisotopic (exact) mass is 262 g/mol. The van der Waals surface area contributed by atoms with Gasteiger partial charge >= 0.3 is 0 Å². The van der Waals surface area contributed by atoms with Crippen molar-refractivity contribution in [3.05, 3.63) is 59.4 Å². The smallest absolute Gasteiger partial charge is 0.240 e. The van der Waals surface area contributed by atoms with Crippen LogP contribution in [0.3, 0.4) is 0 Å². The van der Waals surface area contributed by atoms with Crippen LogP contribution in [-0.2, 0) is 0 Å². The fraction of sp³-hybridized carbons (Fsp3) is 0.0625. The summed E-state index contributed by atoms with van der Waals surface area (Å²) in [6.45, 7) is 1.86. The molecule has 0 spiro atoms. The van der Waals surface area contributed by atoms with Gasteiger partial charge in [-0.2, -0.15) is 0 Å². The molecule has 0 saturated heterocycles. The molecule has 0 radical (unpaired) electrons. The number of nitrogens with two attached hydrogens (primary N) is 1. The molecule has 0 atom stereocenters. The number of aryl methyl sites for hydroxylation is 1. The van der Waals surface area contributed by atoms with E-state index in [-0.39, 0.29) is 5.95 Å². The molecule has 1 aromatic heterocycles. The minimum Gasteiger partial charge on any atom is -0.366 e. The van der Waals surface area contributed by atoms with E-state index >= 15 is 0 Å². The summed E-state index contributed by atoms with van der Waals surface area (Å²) in [5, 5.41) is 10.1. The van der Waals surface area contributed by atoms with Crippen LogP contribution < -0.4 is 5.73 Å². The minimum atomic E-state index is 0.189. The summed E-state index contributed by atoms with van der Waals surface area (Å²) in [5.41, 5.74) is 8.17. The Hall–Kier alpha value is -2.75. The molecule has 0 saturated carbocycles. The van der Waals surface area contributed by atoms with Crippen molar-refractivity contribution in [2.75, 3.05) is 5.73 Å². The van der Waals surface area contributed by atoms with Crippen LogP contribution in [0.1, 0.15) is 17.0 Å². The lowest BCUT2D eigenvalue weighted by Gasteiger charge is -2.00. The first-order chi connectivity index (χ1) is 9.72. The quantitative estimate of drug-likeness (QED) is 0.770. The predicted octanol–water partition coefficient (Wildman–Crippen LogP) is 3.09. The lowest BCUT2D eigenvalue weighted by Crippen LogP contribution is -2.01. The molecule has 0 aliphatic rings. The Morgan fingerprint density at radius 3 is 2.60 bits per heavy atom. The minimum absolute atomic E-state index is 0.189. The lowest BCUT2D eigenvalue weighted by molar-refractivity contribution is 0.932. The number of fused-ring (bicyclic) bond motifs is 1. The van der Waals surface area contributed by atoms with E-state index in [1.165, 1.54) is 10.8 Å². The highest BCUT2D eigenvalue weighted by molar-refractivity contribution is 5.85. The molecule has 1 heterocycles. The van der Waals surface area contributed by atoms with E-state index in [0.29, 0.717) is 0 Å². The van der Waals surface area contributed by atoms with Crippen LogP contribution in [0, 0.1) is 6.92 Å². The molecule has 0 fully saturated rings. The molecule has 0 aliphatic carbocycles. The second-order valence-corrected chi connectivity index (χ2v) is 4.58. The maximum Gasteiger partial charge on any atom is 0.240 e. The van der Waals surface area contributed by atoms with E-state index in [1.807, 2.05) is 31.2 Å². The van der Waals surface area contributed by atoms with Gasteiger partial charge in [-0.1, -0.05) is 42.5 Å². The number of benzene rings is 2. The molecule has 4 nitrogen and oxygen atoms in total. The molecule has 3 rings (SSSR count). The summed E-state index contributed by atoms with van der Waals surface area (Å²) in [5.74, 6) is 0.189. The molecule has 0 bridgehead atoms. The van der Waals surface area contributed by atoms with E-state index < -0.39 is 0 Å². The largest absolute Gasteiger partial charge is 0.366 e. The Labute approximate surface area is 117 Å². The second kappa shape index (κ2) is 5.09. The van der Waals surface area contributed by atoms with Crippen LogP contribution in [0.25, 0.3) is 22.9 Å². The highest BCUT2D eigenvalue weighted by Gasteiger charge is 1.99. The molecule has 98 valence electrons. The van der Waals surface area contributed by atoms with E-state index in [9.17, 15) is 0 Å². The molecular weight excluding hydrogens is 248 g/mol. The molecule has 4 heteroatoms. The van der Waals surface area contributed by atoms with Gasteiger partial charge in [-0.3, -0.25) is 0 Å². The highest BCUT2D eigenvalue weighted by atomic mass is 15.2. The van der Waals surface area contributed by atoms with Gasteiger partial charge < -0.3 is 5.73 Å². The van der Waals surface area contributed by atoms with Gasteiger partial charge in [0, 0.05) is 0 Å². The van der Waals surface area contributed by atoms with Crippen molar-refractivity contribution in [3.8, 4) is 0 Å². The van der Waals surface area contributed by atoms with Crippen molar-refractivity contribution in [2.45, 2.75) is 6.92 Å². The third kappa shape index (κ3) is 2.49. The predicted molar refractivity (Wildman–Crippen MR) is 81.9 cm³/mol. The van der Waals surface area contributed by atoms with Crippen molar-refractivity contribution < 1.29 is 0 Å². The van der Waals surface area contributed by atoms with Crippen molar-refractivity contribution in [3.63, 3.8) is 0 Å². The first-order valence-corrected chi connectivity index (χ1v) is 6.36. The zero-order valence-corrected chi connectivity index (χ0v) is 11.1. The van der Waals surface area contributed by atoms with E-state index in [0.717, 1.165) is 17.0 Å². The Balaban J connectivity index is 1.96. The van der Waals surface area contributed by atoms with Crippen LogP contribution >= 0.6 is 0 Å². The summed E-state index contributed by atoms with van der Waals surface area (Å²) >= 11 is 0. The average molecular weight is 262 g/mol. The topological polar surface area (TPSA) is 64.7 Å². The van der Waals surface area contributed by atoms with Gasteiger partial charge in [-0.25, -0.2) is 4.98 Å².